The highest BCUT2D eigenvalue weighted by Crippen LogP contribution is 2.26. The Morgan fingerprint density at radius 1 is 1.13 bits per heavy atom. The fourth-order valence-corrected chi connectivity index (χ4v) is 3.27. The van der Waals surface area contributed by atoms with E-state index in [4.69, 9.17) is 0 Å². The first kappa shape index (κ1) is 15.5. The summed E-state index contributed by atoms with van der Waals surface area (Å²) in [6.07, 6.45) is 6.33. The van der Waals surface area contributed by atoms with E-state index < -0.39 is 17.8 Å². The number of carbonyl (C=O) groups is 3. The van der Waals surface area contributed by atoms with Crippen molar-refractivity contribution in [2.45, 2.75) is 45.1 Å². The van der Waals surface area contributed by atoms with E-state index in [9.17, 15) is 14.4 Å². The van der Waals surface area contributed by atoms with Gasteiger partial charge < -0.3 is 0 Å². The number of hydrogen-bond acceptors (Lipinski definition) is 3. The van der Waals surface area contributed by atoms with Crippen LogP contribution in [-0.2, 0) is 9.59 Å². The summed E-state index contributed by atoms with van der Waals surface area (Å²) in [5.41, 5.74) is 1.85. The molecule has 1 aromatic rings. The molecule has 1 heterocycles. The molecule has 1 saturated carbocycles. The third-order valence-electron chi connectivity index (χ3n) is 4.43. The smallest absolute Gasteiger partial charge is 0.273 e. The number of imide groups is 2. The molecule has 2 aliphatic rings. The van der Waals surface area contributed by atoms with Crippen LogP contribution < -0.4 is 5.32 Å². The van der Waals surface area contributed by atoms with Gasteiger partial charge in [-0.3, -0.25) is 19.8 Å². The molecule has 0 atom stereocenters. The summed E-state index contributed by atoms with van der Waals surface area (Å²) in [6, 6.07) is 6.86. The molecule has 1 saturated heterocycles. The average Bonchev–Trinajstić information content (AvgIpc) is 2.52. The fraction of sp³-hybridized carbons (Fsp3) is 0.389. The molecule has 0 bridgehead atoms. The van der Waals surface area contributed by atoms with Crippen molar-refractivity contribution in [3.05, 3.63) is 41.0 Å². The van der Waals surface area contributed by atoms with Crippen LogP contribution in [0.15, 0.2) is 29.8 Å². The maximum atomic E-state index is 12.7. The normalized spacial score (nSPS) is 21.7. The van der Waals surface area contributed by atoms with E-state index in [1.807, 2.05) is 31.2 Å². The predicted molar refractivity (Wildman–Crippen MR) is 86.4 cm³/mol. The molecule has 1 aliphatic heterocycles. The first-order chi connectivity index (χ1) is 11.1. The van der Waals surface area contributed by atoms with Crippen LogP contribution in [0.5, 0.6) is 0 Å². The third kappa shape index (κ3) is 3.18. The Labute approximate surface area is 135 Å². The second-order valence-corrected chi connectivity index (χ2v) is 6.20. The van der Waals surface area contributed by atoms with Gasteiger partial charge >= 0.3 is 6.03 Å². The summed E-state index contributed by atoms with van der Waals surface area (Å²) in [5.74, 6) is -1.10. The third-order valence-corrected chi connectivity index (χ3v) is 4.43. The topological polar surface area (TPSA) is 66.5 Å². The monoisotopic (exact) mass is 312 g/mol. The number of amides is 4. The lowest BCUT2D eigenvalue weighted by Gasteiger charge is -2.35. The molecule has 5 nitrogen and oxygen atoms in total. The van der Waals surface area contributed by atoms with Gasteiger partial charge in [0.05, 0.1) is 0 Å². The number of hydrogen-bond donors (Lipinski definition) is 1. The van der Waals surface area contributed by atoms with Crippen molar-refractivity contribution in [2.24, 2.45) is 0 Å². The zero-order valence-corrected chi connectivity index (χ0v) is 13.2. The Balaban J connectivity index is 1.91. The van der Waals surface area contributed by atoms with Gasteiger partial charge in [-0.2, -0.15) is 0 Å². The SMILES string of the molecule is Cc1cccc(C=C2C(=O)NC(=O)N(C3CCCCC3)C2=O)c1. The molecule has 0 unspecified atom stereocenters. The largest absolute Gasteiger partial charge is 0.331 e. The number of benzene rings is 1. The first-order valence-electron chi connectivity index (χ1n) is 8.03. The van der Waals surface area contributed by atoms with Crippen molar-refractivity contribution in [1.82, 2.24) is 10.2 Å². The molecule has 2 fully saturated rings. The lowest BCUT2D eigenvalue weighted by Crippen LogP contribution is -2.58. The van der Waals surface area contributed by atoms with E-state index in [0.29, 0.717) is 0 Å². The van der Waals surface area contributed by atoms with E-state index in [0.717, 1.165) is 43.2 Å². The molecule has 3 rings (SSSR count). The van der Waals surface area contributed by atoms with E-state index in [-0.39, 0.29) is 11.6 Å². The second kappa shape index (κ2) is 6.36. The van der Waals surface area contributed by atoms with Gasteiger partial charge in [-0.1, -0.05) is 49.1 Å². The highest BCUT2D eigenvalue weighted by Gasteiger charge is 2.40. The van der Waals surface area contributed by atoms with Gasteiger partial charge in [0.15, 0.2) is 0 Å². The number of urea groups is 1. The first-order valence-corrected chi connectivity index (χ1v) is 8.03. The zero-order chi connectivity index (χ0) is 16.4. The molecule has 0 radical (unpaired) electrons. The zero-order valence-electron chi connectivity index (χ0n) is 13.2. The van der Waals surface area contributed by atoms with E-state index >= 15 is 0 Å². The van der Waals surface area contributed by atoms with Crippen LogP contribution in [0.25, 0.3) is 6.08 Å². The summed E-state index contributed by atoms with van der Waals surface area (Å²) in [5, 5.41) is 2.30. The molecule has 1 aliphatic carbocycles. The molecule has 5 heteroatoms. The highest BCUT2D eigenvalue weighted by atomic mass is 16.2. The van der Waals surface area contributed by atoms with Gasteiger partial charge in [-0.25, -0.2) is 4.79 Å². The van der Waals surface area contributed by atoms with Crippen LogP contribution >= 0.6 is 0 Å². The Bertz CT molecular complexity index is 687. The number of nitrogens with one attached hydrogen (secondary N) is 1. The van der Waals surface area contributed by atoms with Gasteiger partial charge in [0, 0.05) is 6.04 Å². The van der Waals surface area contributed by atoms with Crippen LogP contribution in [0.2, 0.25) is 0 Å². The summed E-state index contributed by atoms with van der Waals surface area (Å²) in [6.45, 7) is 1.95. The van der Waals surface area contributed by atoms with Gasteiger partial charge in [0.1, 0.15) is 5.57 Å². The molecule has 120 valence electrons. The van der Waals surface area contributed by atoms with Crippen molar-refractivity contribution >= 4 is 23.9 Å². The van der Waals surface area contributed by atoms with Crippen molar-refractivity contribution in [3.8, 4) is 0 Å². The van der Waals surface area contributed by atoms with Gasteiger partial charge in [-0.15, -0.1) is 0 Å². The Morgan fingerprint density at radius 2 is 1.87 bits per heavy atom. The minimum atomic E-state index is -0.617. The molecule has 4 amide bonds. The molecular weight excluding hydrogens is 292 g/mol. The minimum absolute atomic E-state index is 0.0285. The number of nitrogens with zero attached hydrogens (tertiary/aromatic N) is 1. The van der Waals surface area contributed by atoms with Crippen LogP contribution in [0.3, 0.4) is 0 Å². The van der Waals surface area contributed by atoms with Crippen LogP contribution in [0.1, 0.15) is 43.2 Å². The lowest BCUT2D eigenvalue weighted by atomic mass is 9.93. The second-order valence-electron chi connectivity index (χ2n) is 6.20. The molecule has 0 spiro atoms. The average molecular weight is 312 g/mol. The Hall–Kier alpha value is -2.43. The van der Waals surface area contributed by atoms with Crippen LogP contribution in [-0.4, -0.2) is 28.8 Å². The Morgan fingerprint density at radius 3 is 2.57 bits per heavy atom. The van der Waals surface area contributed by atoms with Crippen molar-refractivity contribution in [2.75, 3.05) is 0 Å². The van der Waals surface area contributed by atoms with Crippen molar-refractivity contribution < 1.29 is 14.4 Å². The highest BCUT2D eigenvalue weighted by molar-refractivity contribution is 6.31. The predicted octanol–water partition coefficient (Wildman–Crippen LogP) is 2.79. The summed E-state index contributed by atoms with van der Waals surface area (Å²) in [4.78, 5) is 38.1. The van der Waals surface area contributed by atoms with E-state index in [1.165, 1.54) is 4.90 Å². The molecule has 0 aromatic heterocycles. The van der Waals surface area contributed by atoms with Crippen LogP contribution in [0, 0.1) is 6.92 Å². The fourth-order valence-electron chi connectivity index (χ4n) is 3.27. The molecule has 1 aromatic carbocycles. The number of rotatable bonds is 2. The summed E-state index contributed by atoms with van der Waals surface area (Å²) < 4.78 is 0. The van der Waals surface area contributed by atoms with Crippen LogP contribution in [0.4, 0.5) is 4.79 Å². The minimum Gasteiger partial charge on any atom is -0.273 e. The molecule has 23 heavy (non-hydrogen) atoms. The Kier molecular flexibility index (Phi) is 4.28. The standard InChI is InChI=1S/C18H20N2O3/c1-12-6-5-7-13(10-12)11-15-16(21)19-18(23)20(17(15)22)14-8-3-2-4-9-14/h5-7,10-11,14H,2-4,8-9H2,1H3,(H,19,21,23). The number of carbonyl (C=O) groups excluding carboxylic acids is 3. The van der Waals surface area contributed by atoms with E-state index in [2.05, 4.69) is 5.32 Å². The number of barbiturate groups is 1. The van der Waals surface area contributed by atoms with Crippen molar-refractivity contribution in [3.63, 3.8) is 0 Å². The van der Waals surface area contributed by atoms with Gasteiger partial charge in [0.2, 0.25) is 0 Å². The van der Waals surface area contributed by atoms with Gasteiger partial charge in [0.25, 0.3) is 11.8 Å². The maximum Gasteiger partial charge on any atom is 0.331 e. The maximum absolute atomic E-state index is 12.7. The molecule has 1 N–H and O–H groups in total. The van der Waals surface area contributed by atoms with Crippen molar-refractivity contribution in [1.29, 1.82) is 0 Å². The summed E-state index contributed by atoms with van der Waals surface area (Å²) in [7, 11) is 0. The lowest BCUT2D eigenvalue weighted by molar-refractivity contribution is -0.132. The van der Waals surface area contributed by atoms with E-state index in [1.54, 1.807) is 6.08 Å². The summed E-state index contributed by atoms with van der Waals surface area (Å²) >= 11 is 0. The number of aryl methyl sites for hydroxylation is 1. The quantitative estimate of drug-likeness (QED) is 0.674. The van der Waals surface area contributed by atoms with Gasteiger partial charge in [-0.05, 0) is 31.4 Å². The molecular formula is C18H20N2O3.